The van der Waals surface area contributed by atoms with E-state index < -0.39 is 0 Å². The molecule has 0 fully saturated rings. The zero-order valence-electron chi connectivity index (χ0n) is 11.8. The number of aryl methyl sites for hydroxylation is 1. The van der Waals surface area contributed by atoms with Crippen LogP contribution in [0.2, 0.25) is 0 Å². The predicted molar refractivity (Wildman–Crippen MR) is 77.2 cm³/mol. The van der Waals surface area contributed by atoms with E-state index in [0.29, 0.717) is 0 Å². The Labute approximate surface area is 114 Å². The number of nitrogens with one attached hydrogen (secondary N) is 1. The van der Waals surface area contributed by atoms with Gasteiger partial charge in [0.15, 0.2) is 0 Å². The normalized spacial score (nSPS) is 10.7. The molecule has 4 nitrogen and oxygen atoms in total. The van der Waals surface area contributed by atoms with Gasteiger partial charge < -0.3 is 10.1 Å². The Balaban J connectivity index is 2.27. The number of aromatic nitrogens is 2. The van der Waals surface area contributed by atoms with Crippen LogP contribution in [0, 0.1) is 0 Å². The third-order valence-corrected chi connectivity index (χ3v) is 3.14. The first-order chi connectivity index (χ1) is 9.26. The van der Waals surface area contributed by atoms with E-state index >= 15 is 0 Å². The van der Waals surface area contributed by atoms with Gasteiger partial charge in [-0.3, -0.25) is 4.68 Å². The number of hydrogen-bond donors (Lipinski definition) is 1. The van der Waals surface area contributed by atoms with Crippen LogP contribution >= 0.6 is 0 Å². The van der Waals surface area contributed by atoms with Crippen LogP contribution in [0.5, 0.6) is 5.75 Å². The molecule has 102 valence electrons. The number of benzene rings is 1. The molecule has 0 spiro atoms. The molecular weight excluding hydrogens is 238 g/mol. The molecule has 0 aliphatic carbocycles. The molecule has 0 aliphatic heterocycles. The summed E-state index contributed by atoms with van der Waals surface area (Å²) >= 11 is 0. The summed E-state index contributed by atoms with van der Waals surface area (Å²) in [6.45, 7) is 4.00. The van der Waals surface area contributed by atoms with Crippen molar-refractivity contribution in [1.82, 2.24) is 15.1 Å². The maximum atomic E-state index is 5.42. The summed E-state index contributed by atoms with van der Waals surface area (Å²) < 4.78 is 7.30. The topological polar surface area (TPSA) is 39.1 Å². The molecule has 2 rings (SSSR count). The SMILES string of the molecule is CCCNCc1cc(-c2ccnn2C)ccc1OC. The molecule has 0 radical (unpaired) electrons. The number of nitrogens with zero attached hydrogens (tertiary/aromatic N) is 2. The van der Waals surface area contributed by atoms with Gasteiger partial charge in [-0.05, 0) is 37.2 Å². The van der Waals surface area contributed by atoms with Crippen molar-refractivity contribution in [3.05, 3.63) is 36.0 Å². The lowest BCUT2D eigenvalue weighted by Gasteiger charge is -2.11. The minimum absolute atomic E-state index is 0.822. The van der Waals surface area contributed by atoms with Crippen LogP contribution in [-0.4, -0.2) is 23.4 Å². The van der Waals surface area contributed by atoms with Gasteiger partial charge in [0, 0.05) is 30.9 Å². The molecule has 19 heavy (non-hydrogen) atoms. The molecular formula is C15H21N3O. The van der Waals surface area contributed by atoms with Crippen LogP contribution in [0.25, 0.3) is 11.3 Å². The number of methoxy groups -OCH3 is 1. The van der Waals surface area contributed by atoms with Gasteiger partial charge in [-0.2, -0.15) is 5.10 Å². The fraction of sp³-hybridized carbons (Fsp3) is 0.400. The first-order valence-electron chi connectivity index (χ1n) is 6.62. The second kappa shape index (κ2) is 6.38. The average Bonchev–Trinajstić information content (AvgIpc) is 2.85. The summed E-state index contributed by atoms with van der Waals surface area (Å²) in [5, 5.41) is 7.62. The highest BCUT2D eigenvalue weighted by atomic mass is 16.5. The second-order valence-corrected chi connectivity index (χ2v) is 4.54. The number of hydrogen-bond acceptors (Lipinski definition) is 3. The van der Waals surface area contributed by atoms with E-state index in [9.17, 15) is 0 Å². The molecule has 0 saturated heterocycles. The predicted octanol–water partition coefficient (Wildman–Crippen LogP) is 2.60. The molecule has 0 amide bonds. The van der Waals surface area contributed by atoms with Crippen LogP contribution in [-0.2, 0) is 13.6 Å². The highest BCUT2D eigenvalue weighted by molar-refractivity contribution is 5.62. The third-order valence-electron chi connectivity index (χ3n) is 3.14. The summed E-state index contributed by atoms with van der Waals surface area (Å²) in [5.41, 5.74) is 3.45. The van der Waals surface area contributed by atoms with Crippen molar-refractivity contribution in [2.24, 2.45) is 7.05 Å². The van der Waals surface area contributed by atoms with Crippen molar-refractivity contribution in [3.63, 3.8) is 0 Å². The van der Waals surface area contributed by atoms with Crippen molar-refractivity contribution < 1.29 is 4.74 Å². The lowest BCUT2D eigenvalue weighted by molar-refractivity contribution is 0.408. The van der Waals surface area contributed by atoms with Crippen molar-refractivity contribution in [1.29, 1.82) is 0 Å². The van der Waals surface area contributed by atoms with Crippen molar-refractivity contribution in [3.8, 4) is 17.0 Å². The largest absolute Gasteiger partial charge is 0.496 e. The van der Waals surface area contributed by atoms with Gasteiger partial charge >= 0.3 is 0 Å². The van der Waals surface area contributed by atoms with Crippen molar-refractivity contribution in [2.75, 3.05) is 13.7 Å². The zero-order chi connectivity index (χ0) is 13.7. The highest BCUT2D eigenvalue weighted by Gasteiger charge is 2.08. The Hall–Kier alpha value is -1.81. The van der Waals surface area contributed by atoms with E-state index in [1.165, 1.54) is 5.56 Å². The number of rotatable bonds is 6. The molecule has 0 aliphatic rings. The van der Waals surface area contributed by atoms with Gasteiger partial charge in [0.25, 0.3) is 0 Å². The minimum atomic E-state index is 0.822. The smallest absolute Gasteiger partial charge is 0.123 e. The van der Waals surface area contributed by atoms with Gasteiger partial charge in [-0.25, -0.2) is 0 Å². The molecule has 1 heterocycles. The summed E-state index contributed by atoms with van der Waals surface area (Å²) in [6.07, 6.45) is 2.94. The molecule has 1 aromatic heterocycles. The fourth-order valence-corrected chi connectivity index (χ4v) is 2.13. The monoisotopic (exact) mass is 259 g/mol. The van der Waals surface area contributed by atoms with Crippen molar-refractivity contribution in [2.45, 2.75) is 19.9 Å². The number of ether oxygens (including phenoxy) is 1. The van der Waals surface area contributed by atoms with E-state index in [-0.39, 0.29) is 0 Å². The van der Waals surface area contributed by atoms with Crippen LogP contribution in [0.1, 0.15) is 18.9 Å². The summed E-state index contributed by atoms with van der Waals surface area (Å²) in [4.78, 5) is 0. The third kappa shape index (κ3) is 3.15. The summed E-state index contributed by atoms with van der Waals surface area (Å²) in [7, 11) is 3.66. The van der Waals surface area contributed by atoms with Crippen molar-refractivity contribution >= 4 is 0 Å². The van der Waals surface area contributed by atoms with Crippen LogP contribution in [0.4, 0.5) is 0 Å². The van der Waals surface area contributed by atoms with E-state index in [1.54, 1.807) is 7.11 Å². The van der Waals surface area contributed by atoms with Gasteiger partial charge in [0.2, 0.25) is 0 Å². The zero-order valence-corrected chi connectivity index (χ0v) is 11.8. The van der Waals surface area contributed by atoms with E-state index in [1.807, 2.05) is 30.1 Å². The van der Waals surface area contributed by atoms with Crippen LogP contribution < -0.4 is 10.1 Å². The molecule has 2 aromatic rings. The summed E-state index contributed by atoms with van der Waals surface area (Å²) in [5.74, 6) is 0.925. The Bertz CT molecular complexity index is 534. The van der Waals surface area contributed by atoms with Crippen LogP contribution in [0.3, 0.4) is 0 Å². The molecule has 0 unspecified atom stereocenters. The molecule has 1 aromatic carbocycles. The highest BCUT2D eigenvalue weighted by Crippen LogP contribution is 2.26. The van der Waals surface area contributed by atoms with E-state index in [4.69, 9.17) is 4.74 Å². The quantitative estimate of drug-likeness (QED) is 0.810. The Morgan fingerprint density at radius 3 is 2.79 bits per heavy atom. The van der Waals surface area contributed by atoms with Gasteiger partial charge in [0.1, 0.15) is 5.75 Å². The Kier molecular flexibility index (Phi) is 4.58. The van der Waals surface area contributed by atoms with Crippen LogP contribution in [0.15, 0.2) is 30.5 Å². The van der Waals surface area contributed by atoms with E-state index in [2.05, 4.69) is 29.5 Å². The van der Waals surface area contributed by atoms with Gasteiger partial charge in [-0.1, -0.05) is 6.92 Å². The average molecular weight is 259 g/mol. The maximum Gasteiger partial charge on any atom is 0.123 e. The Morgan fingerprint density at radius 2 is 2.16 bits per heavy atom. The molecule has 4 heteroatoms. The minimum Gasteiger partial charge on any atom is -0.496 e. The van der Waals surface area contributed by atoms with Gasteiger partial charge in [-0.15, -0.1) is 0 Å². The molecule has 0 atom stereocenters. The fourth-order valence-electron chi connectivity index (χ4n) is 2.13. The van der Waals surface area contributed by atoms with E-state index in [0.717, 1.165) is 36.5 Å². The lowest BCUT2D eigenvalue weighted by atomic mass is 10.1. The first-order valence-corrected chi connectivity index (χ1v) is 6.62. The molecule has 1 N–H and O–H groups in total. The maximum absolute atomic E-state index is 5.42. The second-order valence-electron chi connectivity index (χ2n) is 4.54. The molecule has 0 saturated carbocycles. The Morgan fingerprint density at radius 1 is 1.32 bits per heavy atom. The lowest BCUT2D eigenvalue weighted by Crippen LogP contribution is -2.14. The van der Waals surface area contributed by atoms with Gasteiger partial charge in [0.05, 0.1) is 12.8 Å². The molecule has 0 bridgehead atoms. The first kappa shape index (κ1) is 13.6. The standard InChI is InChI=1S/C15H21N3O/c1-4-8-16-11-13-10-12(5-6-15(13)19-3)14-7-9-17-18(14)2/h5-7,9-10,16H,4,8,11H2,1-3H3. The summed E-state index contributed by atoms with van der Waals surface area (Å²) in [6, 6.07) is 8.27.